The lowest BCUT2D eigenvalue weighted by Crippen LogP contribution is -2.37. The van der Waals surface area contributed by atoms with Crippen molar-refractivity contribution in [2.45, 2.75) is 20.3 Å². The second kappa shape index (κ2) is 8.86. The van der Waals surface area contributed by atoms with Gasteiger partial charge in [0.25, 0.3) is 23.6 Å². The Hall–Kier alpha value is -3.62. The molecule has 32 heavy (non-hydrogen) atoms. The van der Waals surface area contributed by atoms with Gasteiger partial charge in [0.05, 0.1) is 17.3 Å². The largest absolute Gasteiger partial charge is 0.337 e. The summed E-state index contributed by atoms with van der Waals surface area (Å²) in [5.41, 5.74) is 1.25. The lowest BCUT2D eigenvalue weighted by Gasteiger charge is -2.22. The van der Waals surface area contributed by atoms with Crippen LogP contribution in [0, 0.1) is 5.92 Å². The molecule has 4 amide bonds. The van der Waals surface area contributed by atoms with Gasteiger partial charge >= 0.3 is 0 Å². The first-order chi connectivity index (χ1) is 15.4. The molecule has 2 aliphatic rings. The molecule has 1 saturated heterocycles. The number of rotatable bonds is 4. The topological polar surface area (TPSA) is 104 Å². The van der Waals surface area contributed by atoms with Gasteiger partial charge in [0.15, 0.2) is 0 Å². The summed E-state index contributed by atoms with van der Waals surface area (Å²) in [5, 5.41) is 0. The predicted molar refractivity (Wildman–Crippen MR) is 115 cm³/mol. The highest BCUT2D eigenvalue weighted by molar-refractivity contribution is 6.22. The molecular weight excluding hydrogens is 410 g/mol. The van der Waals surface area contributed by atoms with E-state index in [1.165, 1.54) is 29.6 Å². The Morgan fingerprint density at radius 3 is 2.28 bits per heavy atom. The molecule has 2 aromatic rings. The van der Waals surface area contributed by atoms with Gasteiger partial charge in [0, 0.05) is 50.7 Å². The minimum Gasteiger partial charge on any atom is -0.337 e. The molecule has 0 radical (unpaired) electrons. The lowest BCUT2D eigenvalue weighted by atomic mass is 10.0. The summed E-state index contributed by atoms with van der Waals surface area (Å²) in [7, 11) is 0. The van der Waals surface area contributed by atoms with Crippen molar-refractivity contribution in [3.8, 4) is 0 Å². The van der Waals surface area contributed by atoms with E-state index in [0.717, 1.165) is 0 Å². The first-order valence-corrected chi connectivity index (χ1v) is 10.7. The third-order valence-corrected chi connectivity index (χ3v) is 5.62. The fourth-order valence-electron chi connectivity index (χ4n) is 4.03. The molecule has 1 fully saturated rings. The van der Waals surface area contributed by atoms with Crippen LogP contribution in [-0.2, 0) is 0 Å². The van der Waals surface area contributed by atoms with Crippen LogP contribution in [0.4, 0.5) is 0 Å². The van der Waals surface area contributed by atoms with Crippen molar-refractivity contribution in [3.05, 3.63) is 59.2 Å². The van der Waals surface area contributed by atoms with Crippen LogP contribution in [0.2, 0.25) is 0 Å². The Bertz CT molecular complexity index is 1070. The van der Waals surface area contributed by atoms with E-state index in [9.17, 15) is 19.2 Å². The molecule has 2 aliphatic heterocycles. The van der Waals surface area contributed by atoms with Gasteiger partial charge in [-0.3, -0.25) is 29.1 Å². The van der Waals surface area contributed by atoms with Crippen molar-refractivity contribution in [3.63, 3.8) is 0 Å². The fourth-order valence-corrected chi connectivity index (χ4v) is 4.03. The van der Waals surface area contributed by atoms with Crippen LogP contribution in [-0.4, -0.2) is 81.0 Å². The maximum absolute atomic E-state index is 13.1. The highest BCUT2D eigenvalue weighted by Crippen LogP contribution is 2.25. The summed E-state index contributed by atoms with van der Waals surface area (Å²) >= 11 is 0. The quantitative estimate of drug-likeness (QED) is 0.678. The highest BCUT2D eigenvalue weighted by atomic mass is 16.2. The number of aromatic nitrogens is 2. The van der Waals surface area contributed by atoms with E-state index in [2.05, 4.69) is 9.97 Å². The molecule has 1 aromatic carbocycles. The molecule has 9 nitrogen and oxygen atoms in total. The summed E-state index contributed by atoms with van der Waals surface area (Å²) in [6, 6.07) is 4.68. The maximum Gasteiger partial charge on any atom is 0.274 e. The van der Waals surface area contributed by atoms with Crippen LogP contribution in [0.1, 0.15) is 61.8 Å². The molecule has 0 unspecified atom stereocenters. The van der Waals surface area contributed by atoms with Crippen LogP contribution in [0.25, 0.3) is 0 Å². The Kier molecular flexibility index (Phi) is 5.98. The van der Waals surface area contributed by atoms with Gasteiger partial charge in [-0.25, -0.2) is 4.98 Å². The standard InChI is InChI=1S/C23H25N5O4/c1-15(2)14-28-21(30)17-5-4-16(12-18(17)22(28)31)20(29)26-8-3-9-27(11-10-26)23(32)19-13-24-6-7-25-19/h4-7,12-13,15H,3,8-11,14H2,1-2H3. The number of fused-ring (bicyclic) bond motifs is 1. The zero-order valence-electron chi connectivity index (χ0n) is 18.2. The number of carbonyl (C=O) groups is 4. The zero-order valence-corrected chi connectivity index (χ0v) is 18.2. The molecule has 3 heterocycles. The van der Waals surface area contributed by atoms with E-state index in [1.807, 2.05) is 13.8 Å². The number of carbonyl (C=O) groups excluding carboxylic acids is 4. The summed E-state index contributed by atoms with van der Waals surface area (Å²) in [4.78, 5) is 63.7. The molecule has 1 aromatic heterocycles. The Labute approximate surface area is 186 Å². The van der Waals surface area contributed by atoms with Gasteiger partial charge in [-0.05, 0) is 30.5 Å². The molecule has 0 bridgehead atoms. The van der Waals surface area contributed by atoms with Gasteiger partial charge in [0.1, 0.15) is 5.69 Å². The number of hydrogen-bond donors (Lipinski definition) is 0. The average molecular weight is 435 g/mol. The third kappa shape index (κ3) is 4.10. The minimum atomic E-state index is -0.357. The third-order valence-electron chi connectivity index (χ3n) is 5.62. The van der Waals surface area contributed by atoms with Crippen molar-refractivity contribution in [1.29, 1.82) is 0 Å². The Morgan fingerprint density at radius 1 is 0.938 bits per heavy atom. The monoisotopic (exact) mass is 435 g/mol. The molecule has 0 saturated carbocycles. The van der Waals surface area contributed by atoms with E-state index < -0.39 is 0 Å². The normalized spacial score (nSPS) is 16.4. The number of amides is 4. The first-order valence-electron chi connectivity index (χ1n) is 10.7. The van der Waals surface area contributed by atoms with E-state index in [4.69, 9.17) is 0 Å². The molecular formula is C23H25N5O4. The van der Waals surface area contributed by atoms with Crippen molar-refractivity contribution in [2.75, 3.05) is 32.7 Å². The minimum absolute atomic E-state index is 0.155. The van der Waals surface area contributed by atoms with Gasteiger partial charge in [-0.15, -0.1) is 0 Å². The first kappa shape index (κ1) is 21.6. The van der Waals surface area contributed by atoms with Crippen LogP contribution in [0.5, 0.6) is 0 Å². The predicted octanol–water partition coefficient (Wildman–Crippen LogP) is 1.72. The number of hydrogen-bond acceptors (Lipinski definition) is 6. The molecule has 0 spiro atoms. The SMILES string of the molecule is CC(C)CN1C(=O)c2ccc(C(=O)N3CCCN(C(=O)c4cnccn4)CC3)cc2C1=O. The number of nitrogens with zero attached hydrogens (tertiary/aromatic N) is 5. The number of benzene rings is 1. The van der Waals surface area contributed by atoms with Crippen LogP contribution in [0.15, 0.2) is 36.8 Å². The zero-order chi connectivity index (χ0) is 22.8. The van der Waals surface area contributed by atoms with E-state index in [0.29, 0.717) is 50.3 Å². The molecule has 0 N–H and O–H groups in total. The average Bonchev–Trinajstić information content (AvgIpc) is 2.97. The van der Waals surface area contributed by atoms with Gasteiger partial charge < -0.3 is 9.80 Å². The summed E-state index contributed by atoms with van der Waals surface area (Å²) in [6.07, 6.45) is 5.05. The lowest BCUT2D eigenvalue weighted by molar-refractivity contribution is 0.0635. The second-order valence-electron chi connectivity index (χ2n) is 8.40. The van der Waals surface area contributed by atoms with Crippen LogP contribution < -0.4 is 0 Å². The second-order valence-corrected chi connectivity index (χ2v) is 8.40. The van der Waals surface area contributed by atoms with Crippen LogP contribution >= 0.6 is 0 Å². The van der Waals surface area contributed by atoms with E-state index >= 15 is 0 Å². The smallest absolute Gasteiger partial charge is 0.274 e. The number of imide groups is 1. The fraction of sp³-hybridized carbons (Fsp3) is 0.391. The molecule has 4 rings (SSSR count). The van der Waals surface area contributed by atoms with Gasteiger partial charge in [-0.2, -0.15) is 0 Å². The summed E-state index contributed by atoms with van der Waals surface area (Å²) < 4.78 is 0. The van der Waals surface area contributed by atoms with Crippen molar-refractivity contribution in [1.82, 2.24) is 24.7 Å². The van der Waals surface area contributed by atoms with Crippen molar-refractivity contribution >= 4 is 23.6 Å². The highest BCUT2D eigenvalue weighted by Gasteiger charge is 2.36. The van der Waals surface area contributed by atoms with Crippen molar-refractivity contribution in [2.24, 2.45) is 5.92 Å². The summed E-state index contributed by atoms with van der Waals surface area (Å²) in [6.45, 7) is 5.98. The summed E-state index contributed by atoms with van der Waals surface area (Å²) in [5.74, 6) is -0.943. The Morgan fingerprint density at radius 2 is 1.62 bits per heavy atom. The van der Waals surface area contributed by atoms with Gasteiger partial charge in [-0.1, -0.05) is 13.8 Å². The van der Waals surface area contributed by atoms with Gasteiger partial charge in [0.2, 0.25) is 0 Å². The molecule has 0 aliphatic carbocycles. The molecule has 0 atom stereocenters. The molecule has 9 heteroatoms. The van der Waals surface area contributed by atoms with E-state index in [-0.39, 0.29) is 40.8 Å². The Balaban J connectivity index is 1.47. The maximum atomic E-state index is 13.1. The van der Waals surface area contributed by atoms with E-state index in [1.54, 1.807) is 21.9 Å². The molecule has 166 valence electrons. The van der Waals surface area contributed by atoms with Crippen molar-refractivity contribution < 1.29 is 19.2 Å². The van der Waals surface area contributed by atoms with Crippen LogP contribution in [0.3, 0.4) is 0 Å².